The Kier molecular flexibility index (Phi) is 2.60. The SMILES string of the molecule is CC(=O)c1ccccc1-c1oc(C)nc1C. The minimum absolute atomic E-state index is 0.0315. The average Bonchev–Trinajstić information content (AvgIpc) is 2.57. The Morgan fingerprint density at radius 1 is 1.25 bits per heavy atom. The van der Waals surface area contributed by atoms with E-state index < -0.39 is 0 Å². The van der Waals surface area contributed by atoms with Crippen molar-refractivity contribution in [1.29, 1.82) is 0 Å². The van der Waals surface area contributed by atoms with Crippen LogP contribution in [0.5, 0.6) is 0 Å². The van der Waals surface area contributed by atoms with Crippen LogP contribution in [0, 0.1) is 13.8 Å². The van der Waals surface area contributed by atoms with Crippen LogP contribution in [0.3, 0.4) is 0 Å². The minimum Gasteiger partial charge on any atom is -0.441 e. The molecule has 0 aliphatic rings. The molecular formula is C13H13NO2. The van der Waals surface area contributed by atoms with Gasteiger partial charge in [-0.15, -0.1) is 0 Å². The summed E-state index contributed by atoms with van der Waals surface area (Å²) in [6.45, 7) is 5.23. The smallest absolute Gasteiger partial charge is 0.192 e. The summed E-state index contributed by atoms with van der Waals surface area (Å²) < 4.78 is 5.53. The fourth-order valence-corrected chi connectivity index (χ4v) is 1.77. The lowest BCUT2D eigenvalue weighted by Gasteiger charge is -2.03. The van der Waals surface area contributed by atoms with Crippen LogP contribution in [-0.2, 0) is 0 Å². The molecule has 1 aromatic heterocycles. The van der Waals surface area contributed by atoms with Crippen molar-refractivity contribution in [2.75, 3.05) is 0 Å². The zero-order valence-corrected chi connectivity index (χ0v) is 9.57. The highest BCUT2D eigenvalue weighted by Crippen LogP contribution is 2.27. The van der Waals surface area contributed by atoms with E-state index in [-0.39, 0.29) is 5.78 Å². The number of hydrogen-bond acceptors (Lipinski definition) is 3. The lowest BCUT2D eigenvalue weighted by Crippen LogP contribution is -1.95. The summed E-state index contributed by atoms with van der Waals surface area (Å²) in [7, 11) is 0. The number of benzene rings is 1. The van der Waals surface area contributed by atoms with E-state index in [9.17, 15) is 4.79 Å². The van der Waals surface area contributed by atoms with Crippen LogP contribution < -0.4 is 0 Å². The van der Waals surface area contributed by atoms with E-state index in [0.29, 0.717) is 17.2 Å². The van der Waals surface area contributed by atoms with Crippen LogP contribution in [0.1, 0.15) is 28.9 Å². The summed E-state index contributed by atoms with van der Waals surface area (Å²) in [6.07, 6.45) is 0. The first-order valence-electron chi connectivity index (χ1n) is 5.14. The van der Waals surface area contributed by atoms with Crippen molar-refractivity contribution >= 4 is 5.78 Å². The van der Waals surface area contributed by atoms with Crippen LogP contribution in [0.4, 0.5) is 0 Å². The van der Waals surface area contributed by atoms with Gasteiger partial charge in [0.1, 0.15) is 0 Å². The van der Waals surface area contributed by atoms with Crippen LogP contribution in [0.2, 0.25) is 0 Å². The van der Waals surface area contributed by atoms with Gasteiger partial charge in [-0.3, -0.25) is 4.79 Å². The van der Waals surface area contributed by atoms with E-state index in [1.807, 2.05) is 25.1 Å². The number of carbonyl (C=O) groups excluding carboxylic acids is 1. The molecule has 0 unspecified atom stereocenters. The fourth-order valence-electron chi connectivity index (χ4n) is 1.77. The maximum absolute atomic E-state index is 11.5. The highest BCUT2D eigenvalue weighted by molar-refractivity contribution is 6.00. The molecular weight excluding hydrogens is 202 g/mol. The summed E-state index contributed by atoms with van der Waals surface area (Å²) in [5, 5.41) is 0. The molecule has 0 fully saturated rings. The van der Waals surface area contributed by atoms with E-state index in [1.165, 1.54) is 0 Å². The molecule has 3 nitrogen and oxygen atoms in total. The first-order chi connectivity index (χ1) is 7.59. The molecule has 2 rings (SSSR count). The number of aryl methyl sites for hydroxylation is 2. The van der Waals surface area contributed by atoms with Crippen molar-refractivity contribution in [3.8, 4) is 11.3 Å². The number of hydrogen-bond donors (Lipinski definition) is 0. The predicted octanol–water partition coefficient (Wildman–Crippen LogP) is 3.16. The molecule has 0 radical (unpaired) electrons. The van der Waals surface area contributed by atoms with Crippen LogP contribution in [0.25, 0.3) is 11.3 Å². The third-order valence-corrected chi connectivity index (χ3v) is 2.45. The molecule has 0 aliphatic heterocycles. The molecule has 0 aliphatic carbocycles. The molecule has 0 atom stereocenters. The zero-order valence-electron chi connectivity index (χ0n) is 9.57. The third-order valence-electron chi connectivity index (χ3n) is 2.45. The van der Waals surface area contributed by atoms with Gasteiger partial charge in [0.05, 0.1) is 5.69 Å². The highest BCUT2D eigenvalue weighted by atomic mass is 16.4. The lowest BCUT2D eigenvalue weighted by atomic mass is 10.0. The quantitative estimate of drug-likeness (QED) is 0.723. The first-order valence-corrected chi connectivity index (χ1v) is 5.14. The number of nitrogens with zero attached hydrogens (tertiary/aromatic N) is 1. The molecule has 0 saturated heterocycles. The number of oxazole rings is 1. The Hall–Kier alpha value is -1.90. The van der Waals surface area contributed by atoms with E-state index in [1.54, 1.807) is 19.9 Å². The molecule has 82 valence electrons. The Bertz CT molecular complexity index is 541. The summed E-state index contributed by atoms with van der Waals surface area (Å²) >= 11 is 0. The Balaban J connectivity index is 2.64. The standard InChI is InChI=1S/C13H13NO2/c1-8-13(16-10(3)14-8)12-7-5-4-6-11(12)9(2)15/h4-7H,1-3H3. The molecule has 0 N–H and O–H groups in total. The number of rotatable bonds is 2. The number of aromatic nitrogens is 1. The highest BCUT2D eigenvalue weighted by Gasteiger charge is 2.14. The predicted molar refractivity (Wildman–Crippen MR) is 61.4 cm³/mol. The Morgan fingerprint density at radius 2 is 1.94 bits per heavy atom. The van der Waals surface area contributed by atoms with Crippen molar-refractivity contribution in [1.82, 2.24) is 4.98 Å². The molecule has 1 aromatic carbocycles. The van der Waals surface area contributed by atoms with Gasteiger partial charge < -0.3 is 4.42 Å². The van der Waals surface area contributed by atoms with Gasteiger partial charge >= 0.3 is 0 Å². The maximum Gasteiger partial charge on any atom is 0.192 e. The van der Waals surface area contributed by atoms with Crippen molar-refractivity contribution < 1.29 is 9.21 Å². The van der Waals surface area contributed by atoms with Crippen LogP contribution in [-0.4, -0.2) is 10.8 Å². The monoisotopic (exact) mass is 215 g/mol. The zero-order chi connectivity index (χ0) is 11.7. The molecule has 0 bridgehead atoms. The van der Waals surface area contributed by atoms with Crippen molar-refractivity contribution in [3.05, 3.63) is 41.4 Å². The van der Waals surface area contributed by atoms with Gasteiger partial charge in [0.2, 0.25) is 0 Å². The van der Waals surface area contributed by atoms with E-state index in [2.05, 4.69) is 4.98 Å². The van der Waals surface area contributed by atoms with E-state index in [0.717, 1.165) is 11.3 Å². The normalized spacial score (nSPS) is 10.4. The van der Waals surface area contributed by atoms with Gasteiger partial charge in [0.25, 0.3) is 0 Å². The summed E-state index contributed by atoms with van der Waals surface area (Å²) in [5.74, 6) is 1.33. The fraction of sp³-hybridized carbons (Fsp3) is 0.231. The Morgan fingerprint density at radius 3 is 2.50 bits per heavy atom. The third kappa shape index (κ3) is 1.76. The van der Waals surface area contributed by atoms with Crippen LogP contribution in [0.15, 0.2) is 28.7 Å². The van der Waals surface area contributed by atoms with Crippen molar-refractivity contribution in [3.63, 3.8) is 0 Å². The van der Waals surface area contributed by atoms with Crippen molar-refractivity contribution in [2.45, 2.75) is 20.8 Å². The molecule has 0 spiro atoms. The molecule has 0 amide bonds. The topological polar surface area (TPSA) is 43.1 Å². The molecule has 1 heterocycles. The largest absolute Gasteiger partial charge is 0.441 e. The van der Waals surface area contributed by atoms with Crippen LogP contribution >= 0.6 is 0 Å². The summed E-state index contributed by atoms with van der Waals surface area (Å²) in [5.41, 5.74) is 2.29. The molecule has 3 heteroatoms. The average molecular weight is 215 g/mol. The van der Waals surface area contributed by atoms with Gasteiger partial charge in [0, 0.05) is 18.1 Å². The number of carbonyl (C=O) groups is 1. The Labute approximate surface area is 94.1 Å². The molecule has 2 aromatic rings. The molecule has 16 heavy (non-hydrogen) atoms. The second kappa shape index (κ2) is 3.93. The minimum atomic E-state index is 0.0315. The van der Waals surface area contributed by atoms with Crippen molar-refractivity contribution in [2.24, 2.45) is 0 Å². The number of ketones is 1. The van der Waals surface area contributed by atoms with E-state index in [4.69, 9.17) is 4.42 Å². The first kappa shape index (κ1) is 10.6. The van der Waals surface area contributed by atoms with E-state index >= 15 is 0 Å². The number of Topliss-reactive ketones (excluding diaryl/α,β-unsaturated/α-hetero) is 1. The maximum atomic E-state index is 11.5. The second-order valence-electron chi connectivity index (χ2n) is 3.75. The second-order valence-corrected chi connectivity index (χ2v) is 3.75. The van der Waals surface area contributed by atoms with Gasteiger partial charge in [-0.05, 0) is 13.8 Å². The van der Waals surface area contributed by atoms with Gasteiger partial charge in [-0.1, -0.05) is 24.3 Å². The lowest BCUT2D eigenvalue weighted by molar-refractivity contribution is 0.101. The summed E-state index contributed by atoms with van der Waals surface area (Å²) in [6, 6.07) is 7.41. The van der Waals surface area contributed by atoms with Gasteiger partial charge in [-0.25, -0.2) is 4.98 Å². The molecule has 0 saturated carbocycles. The summed E-state index contributed by atoms with van der Waals surface area (Å²) in [4.78, 5) is 15.7. The van der Waals surface area contributed by atoms with Gasteiger partial charge in [-0.2, -0.15) is 0 Å². The van der Waals surface area contributed by atoms with Gasteiger partial charge in [0.15, 0.2) is 17.4 Å².